The molecule has 0 unspecified atom stereocenters. The lowest BCUT2D eigenvalue weighted by atomic mass is 10.1. The maximum Gasteiger partial charge on any atom is 0.212 e. The lowest BCUT2D eigenvalue weighted by molar-refractivity contribution is -0.114. The van der Waals surface area contributed by atoms with Gasteiger partial charge in [-0.1, -0.05) is 44.2 Å². The standard InChI is InChI=1S/C17H14FNO.C6H8N2O2.C2H6/c1-12(20)16-11-19(17-5-3-2-4-15(16)17)10-13-6-8-14(18)9-7-13;1-8-3-5(10)2-6(8)7-4-9;1-2/h2-9,11H,10H2,1H3;2,4H,3H2,1H3,(H,7,9);1-2H3. The molecule has 6 nitrogen and oxygen atoms in total. The van der Waals surface area contributed by atoms with Crippen molar-refractivity contribution in [2.75, 3.05) is 13.6 Å². The van der Waals surface area contributed by atoms with Crippen LogP contribution in [0.2, 0.25) is 0 Å². The fourth-order valence-corrected chi connectivity index (χ4v) is 3.28. The lowest BCUT2D eigenvalue weighted by Gasteiger charge is -2.12. The van der Waals surface area contributed by atoms with Crippen molar-refractivity contribution in [3.8, 4) is 0 Å². The Labute approximate surface area is 187 Å². The van der Waals surface area contributed by atoms with E-state index in [1.807, 2.05) is 48.9 Å². The number of likely N-dealkylation sites (N-methyl/N-ethyl adjacent to an activating group) is 1. The molecule has 2 aromatic carbocycles. The first-order valence-corrected chi connectivity index (χ1v) is 10.4. The average Bonchev–Trinajstić information content (AvgIpc) is 3.31. The minimum atomic E-state index is -0.240. The molecule has 4 rings (SSSR count). The summed E-state index contributed by atoms with van der Waals surface area (Å²) in [5, 5.41) is 3.37. The number of amides is 1. The van der Waals surface area contributed by atoms with E-state index in [2.05, 4.69) is 5.32 Å². The molecule has 2 heterocycles. The average molecular weight is 438 g/mol. The van der Waals surface area contributed by atoms with E-state index in [4.69, 9.17) is 0 Å². The van der Waals surface area contributed by atoms with Crippen molar-refractivity contribution >= 4 is 28.9 Å². The molecule has 0 saturated heterocycles. The predicted octanol–water partition coefficient (Wildman–Crippen LogP) is 4.15. The molecule has 0 saturated carbocycles. The van der Waals surface area contributed by atoms with Crippen LogP contribution in [0.25, 0.3) is 10.9 Å². The van der Waals surface area contributed by atoms with Crippen LogP contribution < -0.4 is 5.32 Å². The second-order valence-electron chi connectivity index (χ2n) is 6.98. The maximum absolute atomic E-state index is 12.9. The number of carbonyl (C=O) groups excluding carboxylic acids is 3. The van der Waals surface area contributed by atoms with Gasteiger partial charge < -0.3 is 14.8 Å². The molecule has 0 atom stereocenters. The summed E-state index contributed by atoms with van der Waals surface area (Å²) in [4.78, 5) is 34.0. The maximum atomic E-state index is 12.9. The number of nitrogens with one attached hydrogen (secondary N) is 1. The number of ketones is 2. The molecular weight excluding hydrogens is 409 g/mol. The number of carbonyl (C=O) groups is 3. The van der Waals surface area contributed by atoms with E-state index in [-0.39, 0.29) is 17.4 Å². The van der Waals surface area contributed by atoms with E-state index in [9.17, 15) is 18.8 Å². The number of aromatic nitrogens is 1. The van der Waals surface area contributed by atoms with Crippen molar-refractivity contribution in [1.82, 2.24) is 14.8 Å². The zero-order chi connectivity index (χ0) is 23.7. The summed E-state index contributed by atoms with van der Waals surface area (Å²) in [7, 11) is 1.74. The highest BCUT2D eigenvalue weighted by Crippen LogP contribution is 2.22. The molecule has 168 valence electrons. The summed E-state index contributed by atoms with van der Waals surface area (Å²) in [5.41, 5.74) is 2.74. The molecule has 0 bridgehead atoms. The van der Waals surface area contributed by atoms with Gasteiger partial charge in [-0.25, -0.2) is 4.39 Å². The van der Waals surface area contributed by atoms with Gasteiger partial charge in [0.1, 0.15) is 11.6 Å². The van der Waals surface area contributed by atoms with E-state index < -0.39 is 0 Å². The molecule has 1 aliphatic heterocycles. The van der Waals surface area contributed by atoms with Crippen LogP contribution in [0, 0.1) is 5.82 Å². The number of halogens is 1. The van der Waals surface area contributed by atoms with Crippen LogP contribution >= 0.6 is 0 Å². The summed E-state index contributed by atoms with van der Waals surface area (Å²) in [6, 6.07) is 14.2. The van der Waals surface area contributed by atoms with Crippen molar-refractivity contribution in [3.63, 3.8) is 0 Å². The first-order chi connectivity index (χ1) is 15.4. The van der Waals surface area contributed by atoms with Crippen molar-refractivity contribution in [3.05, 3.63) is 83.6 Å². The van der Waals surface area contributed by atoms with Crippen LogP contribution in [0.3, 0.4) is 0 Å². The second kappa shape index (κ2) is 11.6. The van der Waals surface area contributed by atoms with Gasteiger partial charge in [-0.3, -0.25) is 14.4 Å². The van der Waals surface area contributed by atoms with Crippen LogP contribution in [-0.4, -0.2) is 41.0 Å². The van der Waals surface area contributed by atoms with Gasteiger partial charge in [0.15, 0.2) is 11.6 Å². The highest BCUT2D eigenvalue weighted by Gasteiger charge is 2.16. The molecule has 1 aromatic heterocycles. The van der Waals surface area contributed by atoms with Gasteiger partial charge >= 0.3 is 0 Å². The fraction of sp³-hybridized carbons (Fsp3) is 0.240. The molecule has 1 N–H and O–H groups in total. The van der Waals surface area contributed by atoms with E-state index in [1.165, 1.54) is 18.2 Å². The van der Waals surface area contributed by atoms with Gasteiger partial charge in [-0.05, 0) is 30.7 Å². The van der Waals surface area contributed by atoms with Gasteiger partial charge in [0.05, 0.1) is 6.54 Å². The van der Waals surface area contributed by atoms with Crippen LogP contribution in [-0.2, 0) is 16.1 Å². The number of nitrogens with zero attached hydrogens (tertiary/aromatic N) is 2. The monoisotopic (exact) mass is 437 g/mol. The smallest absolute Gasteiger partial charge is 0.212 e. The van der Waals surface area contributed by atoms with Crippen molar-refractivity contribution in [2.24, 2.45) is 0 Å². The zero-order valence-corrected chi connectivity index (χ0v) is 18.8. The molecular formula is C25H28FN3O3. The zero-order valence-electron chi connectivity index (χ0n) is 18.8. The number of hydrogen-bond donors (Lipinski definition) is 1. The van der Waals surface area contributed by atoms with Gasteiger partial charge in [0.2, 0.25) is 6.41 Å². The molecule has 1 aliphatic rings. The van der Waals surface area contributed by atoms with Crippen LogP contribution in [0.5, 0.6) is 0 Å². The third-order valence-corrected chi connectivity index (χ3v) is 4.74. The van der Waals surface area contributed by atoms with Gasteiger partial charge in [0.25, 0.3) is 0 Å². The first kappa shape index (κ1) is 24.5. The molecule has 3 aromatic rings. The van der Waals surface area contributed by atoms with Gasteiger partial charge in [0, 0.05) is 42.3 Å². The number of Topliss-reactive ketones (excluding diaryl/α,β-unsaturated/α-hetero) is 1. The number of hydrogen-bond acceptors (Lipinski definition) is 4. The third kappa shape index (κ3) is 6.14. The Morgan fingerprint density at radius 3 is 2.34 bits per heavy atom. The minimum Gasteiger partial charge on any atom is -0.353 e. The Balaban J connectivity index is 0.000000255. The number of rotatable bonds is 5. The Kier molecular flexibility index (Phi) is 8.89. The summed E-state index contributed by atoms with van der Waals surface area (Å²) >= 11 is 0. The molecule has 32 heavy (non-hydrogen) atoms. The fourth-order valence-electron chi connectivity index (χ4n) is 3.28. The quantitative estimate of drug-likeness (QED) is 0.481. The number of para-hydroxylation sites is 1. The van der Waals surface area contributed by atoms with Crippen molar-refractivity contribution in [2.45, 2.75) is 27.3 Å². The SMILES string of the molecule is CC.CC(=O)c1cn(Cc2ccc(F)cc2)c2ccccc12.CN1CC(=O)C=C1NC=O. The van der Waals surface area contributed by atoms with Crippen molar-refractivity contribution in [1.29, 1.82) is 0 Å². The lowest BCUT2D eigenvalue weighted by Crippen LogP contribution is -2.24. The van der Waals surface area contributed by atoms with E-state index in [1.54, 1.807) is 31.0 Å². The summed E-state index contributed by atoms with van der Waals surface area (Å²) in [6.45, 7) is 6.55. The van der Waals surface area contributed by atoms with Crippen LogP contribution in [0.15, 0.2) is 66.6 Å². The second-order valence-corrected chi connectivity index (χ2v) is 6.98. The molecule has 0 spiro atoms. The Morgan fingerprint density at radius 1 is 1.12 bits per heavy atom. The minimum absolute atomic E-state index is 0.0202. The van der Waals surface area contributed by atoms with Crippen LogP contribution in [0.4, 0.5) is 4.39 Å². The summed E-state index contributed by atoms with van der Waals surface area (Å²) in [6.07, 6.45) is 3.84. The third-order valence-electron chi connectivity index (χ3n) is 4.74. The number of benzene rings is 2. The summed E-state index contributed by atoms with van der Waals surface area (Å²) in [5.74, 6) is 0.404. The highest BCUT2D eigenvalue weighted by molar-refractivity contribution is 6.07. The Morgan fingerprint density at radius 2 is 1.78 bits per heavy atom. The van der Waals surface area contributed by atoms with Crippen molar-refractivity contribution < 1.29 is 18.8 Å². The molecule has 0 fully saturated rings. The highest BCUT2D eigenvalue weighted by atomic mass is 19.1. The predicted molar refractivity (Wildman–Crippen MR) is 124 cm³/mol. The van der Waals surface area contributed by atoms with Gasteiger partial charge in [-0.15, -0.1) is 0 Å². The topological polar surface area (TPSA) is 71.4 Å². The normalized spacial score (nSPS) is 12.3. The molecule has 0 aliphatic carbocycles. The summed E-state index contributed by atoms with van der Waals surface area (Å²) < 4.78 is 15.0. The molecule has 0 radical (unpaired) electrons. The van der Waals surface area contributed by atoms with E-state index in [0.717, 1.165) is 22.0 Å². The number of fused-ring (bicyclic) bond motifs is 1. The van der Waals surface area contributed by atoms with Crippen LogP contribution in [0.1, 0.15) is 36.7 Å². The van der Waals surface area contributed by atoms with Gasteiger partial charge in [-0.2, -0.15) is 0 Å². The van der Waals surface area contributed by atoms with E-state index >= 15 is 0 Å². The molecule has 7 heteroatoms. The first-order valence-electron chi connectivity index (χ1n) is 10.4. The van der Waals surface area contributed by atoms with E-state index in [0.29, 0.717) is 25.3 Å². The Hall–Kier alpha value is -3.74. The Bertz CT molecular complexity index is 1120. The largest absolute Gasteiger partial charge is 0.353 e. The molecule has 1 amide bonds.